The van der Waals surface area contributed by atoms with Gasteiger partial charge in [0.25, 0.3) is 0 Å². The first kappa shape index (κ1) is 10.0. The van der Waals surface area contributed by atoms with Gasteiger partial charge in [0.1, 0.15) is 11.6 Å². The molecule has 0 spiro atoms. The van der Waals surface area contributed by atoms with Crippen molar-refractivity contribution in [2.45, 2.75) is 0 Å². The van der Waals surface area contributed by atoms with Crippen LogP contribution in [0.4, 0.5) is 5.82 Å². The molecule has 5 heteroatoms. The third-order valence-corrected chi connectivity index (χ3v) is 2.54. The second-order valence-electron chi connectivity index (χ2n) is 3.05. The van der Waals surface area contributed by atoms with E-state index in [1.54, 1.807) is 13.2 Å². The molecule has 0 amide bonds. The van der Waals surface area contributed by atoms with E-state index in [1.165, 1.54) is 0 Å². The molecule has 0 saturated carbocycles. The Morgan fingerprint density at radius 3 is 2.80 bits per heavy atom. The predicted molar refractivity (Wildman–Crippen MR) is 62.7 cm³/mol. The van der Waals surface area contributed by atoms with Gasteiger partial charge in [-0.3, -0.25) is 5.10 Å². The summed E-state index contributed by atoms with van der Waals surface area (Å²) in [7, 11) is 1.63. The lowest BCUT2D eigenvalue weighted by molar-refractivity contribution is 0.416. The van der Waals surface area contributed by atoms with Crippen molar-refractivity contribution in [1.82, 2.24) is 10.2 Å². The molecule has 1 aromatic carbocycles. The number of halogens is 1. The van der Waals surface area contributed by atoms with Gasteiger partial charge in [-0.2, -0.15) is 5.10 Å². The van der Waals surface area contributed by atoms with Gasteiger partial charge in [0.2, 0.25) is 0 Å². The number of nitrogens with two attached hydrogens (primary N) is 1. The summed E-state index contributed by atoms with van der Waals surface area (Å²) in [6.45, 7) is 0. The number of hydrogen-bond donors (Lipinski definition) is 2. The highest BCUT2D eigenvalue weighted by Crippen LogP contribution is 2.31. The summed E-state index contributed by atoms with van der Waals surface area (Å²) in [6.07, 6.45) is 0. The number of rotatable bonds is 2. The van der Waals surface area contributed by atoms with Crippen LogP contribution in [-0.4, -0.2) is 17.3 Å². The fourth-order valence-corrected chi connectivity index (χ4v) is 1.70. The van der Waals surface area contributed by atoms with Crippen LogP contribution >= 0.6 is 15.9 Å². The lowest BCUT2D eigenvalue weighted by atomic mass is 10.1. The zero-order valence-corrected chi connectivity index (χ0v) is 9.71. The number of hydrogen-bond acceptors (Lipinski definition) is 3. The van der Waals surface area contributed by atoms with Crippen molar-refractivity contribution in [3.05, 3.63) is 28.7 Å². The summed E-state index contributed by atoms with van der Waals surface area (Å²) < 4.78 is 6.24. The van der Waals surface area contributed by atoms with E-state index in [9.17, 15) is 0 Å². The van der Waals surface area contributed by atoms with E-state index >= 15 is 0 Å². The van der Waals surface area contributed by atoms with Crippen molar-refractivity contribution in [2.24, 2.45) is 0 Å². The van der Waals surface area contributed by atoms with Gasteiger partial charge in [-0.05, 0) is 18.2 Å². The molecule has 2 rings (SSSR count). The maximum Gasteiger partial charge on any atom is 0.145 e. The molecular formula is C10H10BrN3O. The van der Waals surface area contributed by atoms with Crippen LogP contribution in [0.25, 0.3) is 11.3 Å². The Hall–Kier alpha value is -1.49. The van der Waals surface area contributed by atoms with E-state index in [1.807, 2.05) is 18.2 Å². The van der Waals surface area contributed by atoms with Crippen LogP contribution in [0, 0.1) is 0 Å². The molecule has 0 bridgehead atoms. The Morgan fingerprint density at radius 1 is 1.40 bits per heavy atom. The van der Waals surface area contributed by atoms with Crippen molar-refractivity contribution in [3.8, 4) is 17.0 Å². The molecule has 1 heterocycles. The SMILES string of the molecule is COc1cc(Br)ccc1-c1cc(N)n[nH]1. The Bertz CT molecular complexity index is 481. The number of nitrogen functional groups attached to an aromatic ring is 1. The largest absolute Gasteiger partial charge is 0.496 e. The summed E-state index contributed by atoms with van der Waals surface area (Å²) in [4.78, 5) is 0. The molecule has 78 valence electrons. The standard InChI is InChI=1S/C10H10BrN3O/c1-15-9-4-6(11)2-3-7(9)8-5-10(12)14-13-8/h2-5H,1H3,(H3,12,13,14). The third kappa shape index (κ3) is 1.97. The summed E-state index contributed by atoms with van der Waals surface area (Å²) in [5.74, 6) is 1.24. The molecule has 0 aliphatic rings. The van der Waals surface area contributed by atoms with Crippen LogP contribution in [0.5, 0.6) is 5.75 Å². The molecular weight excluding hydrogens is 258 g/mol. The number of anilines is 1. The molecule has 0 aliphatic heterocycles. The topological polar surface area (TPSA) is 63.9 Å². The van der Waals surface area contributed by atoms with Gasteiger partial charge in [0.15, 0.2) is 0 Å². The van der Waals surface area contributed by atoms with Crippen LogP contribution in [0.3, 0.4) is 0 Å². The zero-order valence-electron chi connectivity index (χ0n) is 8.12. The van der Waals surface area contributed by atoms with Crippen LogP contribution in [-0.2, 0) is 0 Å². The van der Waals surface area contributed by atoms with E-state index in [2.05, 4.69) is 26.1 Å². The minimum atomic E-state index is 0.468. The number of benzene rings is 1. The van der Waals surface area contributed by atoms with Gasteiger partial charge in [-0.15, -0.1) is 0 Å². The normalized spacial score (nSPS) is 10.3. The molecule has 2 aromatic rings. The summed E-state index contributed by atoms with van der Waals surface area (Å²) in [5, 5.41) is 6.72. The maximum absolute atomic E-state index is 5.54. The van der Waals surface area contributed by atoms with E-state index in [-0.39, 0.29) is 0 Å². The van der Waals surface area contributed by atoms with Crippen LogP contribution < -0.4 is 10.5 Å². The highest BCUT2D eigenvalue weighted by molar-refractivity contribution is 9.10. The number of aromatic nitrogens is 2. The van der Waals surface area contributed by atoms with Crippen molar-refractivity contribution < 1.29 is 4.74 Å². The zero-order chi connectivity index (χ0) is 10.8. The molecule has 3 N–H and O–H groups in total. The minimum Gasteiger partial charge on any atom is -0.496 e. The summed E-state index contributed by atoms with van der Waals surface area (Å²) in [5.41, 5.74) is 7.32. The van der Waals surface area contributed by atoms with E-state index in [0.29, 0.717) is 5.82 Å². The number of H-pyrrole nitrogens is 1. The Labute approximate surface area is 95.6 Å². The van der Waals surface area contributed by atoms with Crippen molar-refractivity contribution >= 4 is 21.7 Å². The monoisotopic (exact) mass is 267 g/mol. The molecule has 0 saturated heterocycles. The average Bonchev–Trinajstić information content (AvgIpc) is 2.64. The smallest absolute Gasteiger partial charge is 0.145 e. The fourth-order valence-electron chi connectivity index (χ4n) is 1.36. The highest BCUT2D eigenvalue weighted by Gasteiger charge is 2.08. The quantitative estimate of drug-likeness (QED) is 0.879. The Balaban J connectivity index is 2.52. The van der Waals surface area contributed by atoms with Crippen molar-refractivity contribution in [3.63, 3.8) is 0 Å². The third-order valence-electron chi connectivity index (χ3n) is 2.05. The first-order chi connectivity index (χ1) is 7.20. The maximum atomic E-state index is 5.54. The van der Waals surface area contributed by atoms with Crippen LogP contribution in [0.15, 0.2) is 28.7 Å². The van der Waals surface area contributed by atoms with Gasteiger partial charge >= 0.3 is 0 Å². The summed E-state index contributed by atoms with van der Waals surface area (Å²) in [6, 6.07) is 7.54. The number of ether oxygens (including phenoxy) is 1. The minimum absolute atomic E-state index is 0.468. The Kier molecular flexibility index (Phi) is 2.64. The van der Waals surface area contributed by atoms with E-state index in [0.717, 1.165) is 21.5 Å². The van der Waals surface area contributed by atoms with E-state index < -0.39 is 0 Å². The molecule has 15 heavy (non-hydrogen) atoms. The van der Waals surface area contributed by atoms with Gasteiger partial charge < -0.3 is 10.5 Å². The number of methoxy groups -OCH3 is 1. The molecule has 0 fully saturated rings. The molecule has 0 unspecified atom stereocenters. The predicted octanol–water partition coefficient (Wildman–Crippen LogP) is 2.43. The van der Waals surface area contributed by atoms with E-state index in [4.69, 9.17) is 10.5 Å². The second kappa shape index (κ2) is 3.94. The van der Waals surface area contributed by atoms with Crippen LogP contribution in [0.2, 0.25) is 0 Å². The van der Waals surface area contributed by atoms with Crippen molar-refractivity contribution in [1.29, 1.82) is 0 Å². The highest BCUT2D eigenvalue weighted by atomic mass is 79.9. The van der Waals surface area contributed by atoms with Gasteiger partial charge in [0, 0.05) is 16.1 Å². The molecule has 0 radical (unpaired) electrons. The molecule has 1 aromatic heterocycles. The molecule has 0 atom stereocenters. The van der Waals surface area contributed by atoms with Crippen LogP contribution in [0.1, 0.15) is 0 Å². The first-order valence-corrected chi connectivity index (χ1v) is 5.15. The number of nitrogens with zero attached hydrogens (tertiary/aromatic N) is 1. The molecule has 4 nitrogen and oxygen atoms in total. The summed E-state index contributed by atoms with van der Waals surface area (Å²) >= 11 is 3.38. The van der Waals surface area contributed by atoms with Gasteiger partial charge in [-0.25, -0.2) is 0 Å². The average molecular weight is 268 g/mol. The first-order valence-electron chi connectivity index (χ1n) is 4.35. The van der Waals surface area contributed by atoms with Gasteiger partial charge in [0.05, 0.1) is 12.8 Å². The second-order valence-corrected chi connectivity index (χ2v) is 3.97. The Morgan fingerprint density at radius 2 is 2.20 bits per heavy atom. The number of nitrogens with one attached hydrogen (secondary N) is 1. The molecule has 0 aliphatic carbocycles. The fraction of sp³-hybridized carbons (Fsp3) is 0.100. The number of aromatic amines is 1. The van der Waals surface area contributed by atoms with Gasteiger partial charge in [-0.1, -0.05) is 15.9 Å². The van der Waals surface area contributed by atoms with Crippen molar-refractivity contribution in [2.75, 3.05) is 12.8 Å². The lowest BCUT2D eigenvalue weighted by Gasteiger charge is -2.06. The lowest BCUT2D eigenvalue weighted by Crippen LogP contribution is -1.88.